The molecule has 0 radical (unpaired) electrons. The van der Waals surface area contributed by atoms with Gasteiger partial charge in [0.1, 0.15) is 0 Å². The molecule has 0 bridgehead atoms. The van der Waals surface area contributed by atoms with Crippen molar-refractivity contribution in [2.75, 3.05) is 6.54 Å². The number of rotatable bonds is 4. The Kier molecular flexibility index (Phi) is 3.83. The molecule has 0 heterocycles. The maximum absolute atomic E-state index is 3.58. The summed E-state index contributed by atoms with van der Waals surface area (Å²) in [6.45, 7) is 10.4. The van der Waals surface area contributed by atoms with Crippen molar-refractivity contribution < 1.29 is 0 Å². The molecule has 1 aliphatic rings. The monoisotopic (exact) mass is 343 g/mol. The highest BCUT2D eigenvalue weighted by Gasteiger charge is 2.57. The van der Waals surface area contributed by atoms with Crippen LogP contribution in [-0.4, -0.2) is 12.6 Å². The summed E-state index contributed by atoms with van der Waals surface area (Å²) in [4.78, 5) is 0. The summed E-state index contributed by atoms with van der Waals surface area (Å²) in [6.07, 6.45) is 0. The highest BCUT2D eigenvalue weighted by molar-refractivity contribution is 14.1. The second-order valence-electron chi connectivity index (χ2n) is 6.02. The summed E-state index contributed by atoms with van der Waals surface area (Å²) < 4.78 is 1.35. The molecule has 1 N–H and O–H groups in total. The van der Waals surface area contributed by atoms with Gasteiger partial charge in [-0.3, -0.25) is 0 Å². The molecule has 0 spiro atoms. The predicted molar refractivity (Wildman–Crippen MR) is 82.3 cm³/mol. The van der Waals surface area contributed by atoms with Crippen LogP contribution in [0.5, 0.6) is 0 Å². The molecule has 1 aromatic rings. The molecular weight excluding hydrogens is 321 g/mol. The summed E-state index contributed by atoms with van der Waals surface area (Å²) >= 11 is 2.40. The van der Waals surface area contributed by atoms with E-state index in [0.717, 1.165) is 18.4 Å². The van der Waals surface area contributed by atoms with Crippen LogP contribution in [0.1, 0.15) is 39.2 Å². The molecule has 1 aliphatic carbocycles. The van der Waals surface area contributed by atoms with E-state index in [1.165, 1.54) is 9.13 Å². The zero-order valence-electron chi connectivity index (χ0n) is 11.1. The largest absolute Gasteiger partial charge is 0.314 e. The van der Waals surface area contributed by atoms with E-state index >= 15 is 0 Å². The highest BCUT2D eigenvalue weighted by atomic mass is 127. The molecule has 0 amide bonds. The van der Waals surface area contributed by atoms with E-state index in [1.54, 1.807) is 0 Å². The van der Waals surface area contributed by atoms with Crippen LogP contribution in [0, 0.1) is 14.9 Å². The van der Waals surface area contributed by atoms with E-state index in [1.807, 2.05) is 0 Å². The fraction of sp³-hybridized carbons (Fsp3) is 0.600. The van der Waals surface area contributed by atoms with Crippen molar-refractivity contribution in [2.45, 2.75) is 39.7 Å². The van der Waals surface area contributed by atoms with E-state index in [4.69, 9.17) is 0 Å². The van der Waals surface area contributed by atoms with Crippen LogP contribution in [0.4, 0.5) is 0 Å². The van der Waals surface area contributed by atoms with Gasteiger partial charge in [0.15, 0.2) is 0 Å². The molecule has 0 aromatic heterocycles. The van der Waals surface area contributed by atoms with Crippen LogP contribution in [0.25, 0.3) is 0 Å². The summed E-state index contributed by atoms with van der Waals surface area (Å²) in [5.41, 5.74) is 1.96. The Hall–Kier alpha value is -0.0900. The summed E-state index contributed by atoms with van der Waals surface area (Å²) in [5, 5.41) is 3.58. The van der Waals surface area contributed by atoms with Crippen molar-refractivity contribution in [3.05, 3.63) is 33.4 Å². The quantitative estimate of drug-likeness (QED) is 0.814. The van der Waals surface area contributed by atoms with E-state index in [-0.39, 0.29) is 0 Å². The molecule has 2 rings (SSSR count). The summed E-state index contributed by atoms with van der Waals surface area (Å²) in [6, 6.07) is 9.55. The van der Waals surface area contributed by atoms with E-state index in [2.05, 4.69) is 79.9 Å². The van der Waals surface area contributed by atoms with Crippen LogP contribution in [0.3, 0.4) is 0 Å². The first-order valence-electron chi connectivity index (χ1n) is 6.41. The van der Waals surface area contributed by atoms with Gasteiger partial charge >= 0.3 is 0 Å². The molecule has 0 aliphatic heterocycles. The number of halogens is 1. The molecule has 17 heavy (non-hydrogen) atoms. The average Bonchev–Trinajstić information content (AvgIpc) is 2.77. The number of hydrogen-bond acceptors (Lipinski definition) is 1. The summed E-state index contributed by atoms with van der Waals surface area (Å²) in [7, 11) is 0. The average molecular weight is 343 g/mol. The third-order valence-electron chi connectivity index (χ3n) is 4.00. The van der Waals surface area contributed by atoms with E-state index in [9.17, 15) is 0 Å². The Balaban J connectivity index is 2.07. The minimum atomic E-state index is 0.451. The second-order valence-corrected chi connectivity index (χ2v) is 7.27. The molecular formula is C15H22IN. The Labute approximate surface area is 119 Å². The van der Waals surface area contributed by atoms with Gasteiger partial charge in [-0.05, 0) is 64.1 Å². The first-order chi connectivity index (χ1) is 7.93. The van der Waals surface area contributed by atoms with Crippen LogP contribution in [-0.2, 0) is 0 Å². The maximum Gasteiger partial charge on any atom is 0.0133 e. The van der Waals surface area contributed by atoms with Gasteiger partial charge in [0.05, 0.1) is 0 Å². The Bertz CT molecular complexity index is 398. The lowest BCUT2D eigenvalue weighted by atomic mass is 10.0. The molecule has 1 fully saturated rings. The minimum Gasteiger partial charge on any atom is -0.314 e. The molecule has 2 heteroatoms. The van der Waals surface area contributed by atoms with Crippen molar-refractivity contribution in [1.29, 1.82) is 0 Å². The molecule has 2 atom stereocenters. The summed E-state index contributed by atoms with van der Waals surface area (Å²) in [5.74, 6) is 1.51. The number of nitrogens with one attached hydrogen (secondary N) is 1. The lowest BCUT2D eigenvalue weighted by molar-refractivity contribution is 0.491. The van der Waals surface area contributed by atoms with Gasteiger partial charge in [-0.2, -0.15) is 0 Å². The predicted octanol–water partition coefficient (Wildman–Crippen LogP) is 4.03. The normalized spacial score (nSPS) is 26.2. The Morgan fingerprint density at radius 1 is 1.35 bits per heavy atom. The lowest BCUT2D eigenvalue weighted by Crippen LogP contribution is -2.26. The van der Waals surface area contributed by atoms with E-state index in [0.29, 0.717) is 11.5 Å². The topological polar surface area (TPSA) is 12.0 Å². The van der Waals surface area contributed by atoms with Crippen molar-refractivity contribution in [1.82, 2.24) is 5.32 Å². The van der Waals surface area contributed by atoms with Gasteiger partial charge < -0.3 is 5.32 Å². The van der Waals surface area contributed by atoms with Crippen molar-refractivity contribution in [2.24, 2.45) is 11.3 Å². The van der Waals surface area contributed by atoms with Gasteiger partial charge in [0, 0.05) is 9.61 Å². The standard InChI is InChI=1S/C15H22IN/c1-10(2)17-9-13-14(15(13,3)4)11-6-5-7-12(16)8-11/h5-8,10,13-14,17H,9H2,1-4H3. The molecule has 1 saturated carbocycles. The third kappa shape index (κ3) is 2.84. The van der Waals surface area contributed by atoms with Gasteiger partial charge in [0.25, 0.3) is 0 Å². The molecule has 2 unspecified atom stereocenters. The van der Waals surface area contributed by atoms with Gasteiger partial charge in [-0.15, -0.1) is 0 Å². The van der Waals surface area contributed by atoms with Gasteiger partial charge in [-0.1, -0.05) is 39.8 Å². The molecule has 1 nitrogen and oxygen atoms in total. The zero-order chi connectivity index (χ0) is 12.6. The fourth-order valence-electron chi connectivity index (χ4n) is 2.85. The highest BCUT2D eigenvalue weighted by Crippen LogP contribution is 2.64. The fourth-order valence-corrected chi connectivity index (χ4v) is 3.42. The zero-order valence-corrected chi connectivity index (χ0v) is 13.3. The second kappa shape index (κ2) is 4.88. The maximum atomic E-state index is 3.58. The van der Waals surface area contributed by atoms with Crippen molar-refractivity contribution in [3.8, 4) is 0 Å². The van der Waals surface area contributed by atoms with E-state index < -0.39 is 0 Å². The molecule has 0 saturated heterocycles. The number of benzene rings is 1. The number of hydrogen-bond donors (Lipinski definition) is 1. The third-order valence-corrected chi connectivity index (χ3v) is 4.68. The van der Waals surface area contributed by atoms with Crippen LogP contribution in [0.2, 0.25) is 0 Å². The van der Waals surface area contributed by atoms with Crippen LogP contribution >= 0.6 is 22.6 Å². The van der Waals surface area contributed by atoms with Gasteiger partial charge in [0.2, 0.25) is 0 Å². The Morgan fingerprint density at radius 2 is 2.06 bits per heavy atom. The molecule has 94 valence electrons. The smallest absolute Gasteiger partial charge is 0.0133 e. The first kappa shape index (κ1) is 13.3. The van der Waals surface area contributed by atoms with Crippen molar-refractivity contribution in [3.63, 3.8) is 0 Å². The van der Waals surface area contributed by atoms with Gasteiger partial charge in [-0.25, -0.2) is 0 Å². The molecule has 1 aromatic carbocycles. The SMILES string of the molecule is CC(C)NCC1C(c2cccc(I)c2)C1(C)C. The van der Waals surface area contributed by atoms with Crippen LogP contribution < -0.4 is 5.32 Å². The van der Waals surface area contributed by atoms with Crippen molar-refractivity contribution >= 4 is 22.6 Å². The lowest BCUT2D eigenvalue weighted by Gasteiger charge is -2.08. The Morgan fingerprint density at radius 3 is 2.65 bits per heavy atom. The first-order valence-corrected chi connectivity index (χ1v) is 7.49. The minimum absolute atomic E-state index is 0.451. The van der Waals surface area contributed by atoms with Crippen LogP contribution in [0.15, 0.2) is 24.3 Å².